The Morgan fingerprint density at radius 1 is 1.00 bits per heavy atom. The summed E-state index contributed by atoms with van der Waals surface area (Å²) in [4.78, 5) is 29.7. The lowest BCUT2D eigenvalue weighted by molar-refractivity contribution is -0.240. The van der Waals surface area contributed by atoms with Crippen LogP contribution in [0.3, 0.4) is 0 Å². The number of carbonyl (C=O) groups excluding carboxylic acids is 2. The van der Waals surface area contributed by atoms with Crippen molar-refractivity contribution in [2.45, 2.75) is 32.2 Å². The lowest BCUT2D eigenvalue weighted by Crippen LogP contribution is -2.48. The van der Waals surface area contributed by atoms with Gasteiger partial charge in [0, 0.05) is 52.5 Å². The summed E-state index contributed by atoms with van der Waals surface area (Å²) in [6, 6.07) is 19.3. The molecule has 0 spiro atoms. The minimum atomic E-state index is -1.36. The summed E-state index contributed by atoms with van der Waals surface area (Å²) < 4.78 is 32.0. The van der Waals surface area contributed by atoms with Gasteiger partial charge in [-0.25, -0.2) is 4.39 Å². The van der Waals surface area contributed by atoms with Gasteiger partial charge in [0.2, 0.25) is 0 Å². The van der Waals surface area contributed by atoms with Gasteiger partial charge in [0.1, 0.15) is 18.2 Å². The van der Waals surface area contributed by atoms with Crippen LogP contribution in [0.5, 0.6) is 5.75 Å². The van der Waals surface area contributed by atoms with Crippen LogP contribution in [0.25, 0.3) is 10.9 Å². The zero-order valence-electron chi connectivity index (χ0n) is 19.6. The van der Waals surface area contributed by atoms with Crippen LogP contribution in [0.1, 0.15) is 36.5 Å². The van der Waals surface area contributed by atoms with Crippen molar-refractivity contribution < 1.29 is 28.2 Å². The number of hydrogen-bond acceptors (Lipinski definition) is 5. The van der Waals surface area contributed by atoms with E-state index in [1.54, 1.807) is 42.6 Å². The molecular weight excluding hydrogens is 529 g/mol. The number of H-pyrrole nitrogens is 1. The van der Waals surface area contributed by atoms with Gasteiger partial charge in [0.15, 0.2) is 5.92 Å². The van der Waals surface area contributed by atoms with Crippen LogP contribution in [-0.2, 0) is 25.7 Å². The number of halogens is 2. The van der Waals surface area contributed by atoms with E-state index in [9.17, 15) is 14.0 Å². The van der Waals surface area contributed by atoms with E-state index < -0.39 is 29.6 Å². The molecule has 2 heterocycles. The Kier molecular flexibility index (Phi) is 6.30. The molecule has 4 aromatic rings. The number of carbonyl (C=O) groups is 2. The molecular formula is C28H23BrFNO5. The van der Waals surface area contributed by atoms with Gasteiger partial charge in [-0.05, 0) is 35.9 Å². The van der Waals surface area contributed by atoms with E-state index >= 15 is 0 Å². The van der Waals surface area contributed by atoms with Gasteiger partial charge >= 0.3 is 11.9 Å². The van der Waals surface area contributed by atoms with Crippen molar-refractivity contribution in [2.75, 3.05) is 0 Å². The molecule has 6 nitrogen and oxygen atoms in total. The Morgan fingerprint density at radius 2 is 1.69 bits per heavy atom. The van der Waals surface area contributed by atoms with Gasteiger partial charge in [-0.3, -0.25) is 9.59 Å². The van der Waals surface area contributed by atoms with Crippen LogP contribution >= 0.6 is 15.9 Å². The van der Waals surface area contributed by atoms with Crippen molar-refractivity contribution in [2.24, 2.45) is 5.92 Å². The molecule has 0 radical (unpaired) electrons. The number of para-hydroxylation sites is 1. The van der Waals surface area contributed by atoms with Crippen molar-refractivity contribution >= 4 is 38.8 Å². The van der Waals surface area contributed by atoms with Gasteiger partial charge in [-0.1, -0.05) is 52.3 Å². The molecule has 1 saturated heterocycles. The maximum Gasteiger partial charge on any atom is 0.324 e. The van der Waals surface area contributed by atoms with Crippen molar-refractivity contribution in [3.05, 3.63) is 99.9 Å². The zero-order valence-corrected chi connectivity index (χ0v) is 21.2. The molecule has 184 valence electrons. The second-order valence-corrected chi connectivity index (χ2v) is 9.96. The highest BCUT2D eigenvalue weighted by atomic mass is 79.9. The van der Waals surface area contributed by atoms with Gasteiger partial charge in [0.05, 0.1) is 0 Å². The van der Waals surface area contributed by atoms with Crippen LogP contribution in [0.15, 0.2) is 77.4 Å². The average Bonchev–Trinajstić information content (AvgIpc) is 3.25. The van der Waals surface area contributed by atoms with Gasteiger partial charge in [-0.15, -0.1) is 0 Å². The van der Waals surface area contributed by atoms with Crippen LogP contribution in [0.4, 0.5) is 4.39 Å². The van der Waals surface area contributed by atoms with E-state index in [1.807, 2.05) is 24.3 Å². The Balaban J connectivity index is 1.64. The summed E-state index contributed by atoms with van der Waals surface area (Å²) in [7, 11) is 0. The number of rotatable bonds is 6. The number of aromatic nitrogens is 1. The van der Waals surface area contributed by atoms with Crippen molar-refractivity contribution in [3.63, 3.8) is 0 Å². The first kappa shape index (κ1) is 24.1. The second-order valence-electron chi connectivity index (χ2n) is 9.05. The summed E-state index contributed by atoms with van der Waals surface area (Å²) in [6.45, 7) is 3.00. The van der Waals surface area contributed by atoms with Gasteiger partial charge < -0.3 is 19.2 Å². The molecule has 1 atom stereocenters. The molecule has 1 N–H and O–H groups in total. The summed E-state index contributed by atoms with van der Waals surface area (Å²) in [6.07, 6.45) is 1.77. The average molecular weight is 552 g/mol. The van der Waals surface area contributed by atoms with E-state index in [-0.39, 0.29) is 12.4 Å². The first-order valence-electron chi connectivity index (χ1n) is 11.4. The molecule has 1 aliphatic rings. The predicted octanol–water partition coefficient (Wildman–Crippen LogP) is 6.23. The number of hydrogen-bond donors (Lipinski definition) is 1. The minimum absolute atomic E-state index is 0.0332. The number of fused-ring (bicyclic) bond motifs is 1. The monoisotopic (exact) mass is 551 g/mol. The maximum atomic E-state index is 14.3. The number of aromatic amines is 1. The number of cyclic esters (lactones) is 2. The fourth-order valence-electron chi connectivity index (χ4n) is 4.54. The largest absolute Gasteiger partial charge is 0.488 e. The lowest BCUT2D eigenvalue weighted by Gasteiger charge is -2.36. The van der Waals surface area contributed by atoms with Gasteiger partial charge in [-0.2, -0.15) is 0 Å². The predicted molar refractivity (Wildman–Crippen MR) is 135 cm³/mol. The normalized spacial score (nSPS) is 16.4. The standard InChI is InChI=1S/C28H23BrFNO5/c1-28(2)35-26(32)25(27(33)36-28)24(20-14-31-22-10-6-4-8-18(20)22)19-13-17(29)11-12-23(19)34-15-16-7-3-5-9-21(16)30/h3-14,24-25,31H,15H2,1-2H3/t24-/m1/s1. The molecule has 5 rings (SSSR count). The molecule has 0 bridgehead atoms. The van der Waals surface area contributed by atoms with Gasteiger partial charge in [0.25, 0.3) is 5.79 Å². The molecule has 0 amide bonds. The van der Waals surface area contributed by atoms with Crippen LogP contribution in [-0.4, -0.2) is 22.7 Å². The zero-order chi connectivity index (χ0) is 25.4. The number of benzene rings is 3. The molecule has 3 aromatic carbocycles. The fourth-order valence-corrected chi connectivity index (χ4v) is 4.92. The Bertz CT molecular complexity index is 1440. The third kappa shape index (κ3) is 4.60. The lowest BCUT2D eigenvalue weighted by atomic mass is 9.79. The molecule has 0 saturated carbocycles. The van der Waals surface area contributed by atoms with E-state index in [2.05, 4.69) is 20.9 Å². The molecule has 8 heteroatoms. The Hall–Kier alpha value is -3.65. The molecule has 0 unspecified atom stereocenters. The van der Waals surface area contributed by atoms with Crippen molar-refractivity contribution in [3.8, 4) is 5.75 Å². The maximum absolute atomic E-state index is 14.3. The van der Waals surface area contributed by atoms with E-state index in [0.29, 0.717) is 22.4 Å². The molecule has 1 fully saturated rings. The Labute approximate surface area is 215 Å². The smallest absolute Gasteiger partial charge is 0.324 e. The van der Waals surface area contributed by atoms with Crippen LogP contribution < -0.4 is 4.74 Å². The van der Waals surface area contributed by atoms with E-state index in [4.69, 9.17) is 14.2 Å². The third-order valence-corrected chi connectivity index (χ3v) is 6.63. The Morgan fingerprint density at radius 3 is 2.44 bits per heavy atom. The SMILES string of the molecule is CC1(C)OC(=O)C([C@H](c2cc(Br)ccc2OCc2ccccc2F)c2c[nH]c3ccccc23)C(=O)O1. The molecule has 36 heavy (non-hydrogen) atoms. The number of esters is 2. The first-order valence-corrected chi connectivity index (χ1v) is 12.2. The second kappa shape index (κ2) is 9.43. The van der Waals surface area contributed by atoms with Crippen molar-refractivity contribution in [1.82, 2.24) is 4.98 Å². The summed E-state index contributed by atoms with van der Waals surface area (Å²) in [5.74, 6) is -4.80. The quantitative estimate of drug-likeness (QED) is 0.227. The summed E-state index contributed by atoms with van der Waals surface area (Å²) in [5, 5.41) is 0.841. The van der Waals surface area contributed by atoms with Crippen LogP contribution in [0.2, 0.25) is 0 Å². The highest BCUT2D eigenvalue weighted by Crippen LogP contribution is 2.44. The first-order chi connectivity index (χ1) is 17.2. The third-order valence-electron chi connectivity index (χ3n) is 6.14. The topological polar surface area (TPSA) is 77.6 Å². The van der Waals surface area contributed by atoms with E-state index in [1.165, 1.54) is 19.9 Å². The summed E-state index contributed by atoms with van der Waals surface area (Å²) >= 11 is 3.50. The van der Waals surface area contributed by atoms with E-state index in [0.717, 1.165) is 15.4 Å². The van der Waals surface area contributed by atoms with Crippen LogP contribution in [0, 0.1) is 11.7 Å². The minimum Gasteiger partial charge on any atom is -0.488 e. The number of ether oxygens (including phenoxy) is 3. The molecule has 0 aliphatic carbocycles. The molecule has 1 aliphatic heterocycles. The van der Waals surface area contributed by atoms with Crippen molar-refractivity contribution in [1.29, 1.82) is 0 Å². The highest BCUT2D eigenvalue weighted by Gasteiger charge is 2.49. The highest BCUT2D eigenvalue weighted by molar-refractivity contribution is 9.10. The molecule has 1 aromatic heterocycles. The fraction of sp³-hybridized carbons (Fsp3) is 0.214. The number of nitrogens with one attached hydrogen (secondary N) is 1. The summed E-state index contributed by atoms with van der Waals surface area (Å²) in [5.41, 5.74) is 2.49.